The predicted octanol–water partition coefficient (Wildman–Crippen LogP) is 12.0. The number of pyridine rings is 6. The van der Waals surface area contributed by atoms with Crippen molar-refractivity contribution in [3.8, 4) is 22.8 Å². The van der Waals surface area contributed by atoms with Gasteiger partial charge in [-0.2, -0.15) is 0 Å². The van der Waals surface area contributed by atoms with Gasteiger partial charge in [0, 0.05) is 102 Å². The number of anilines is 5. The van der Waals surface area contributed by atoms with Gasteiger partial charge in [0.1, 0.15) is 11.6 Å². The van der Waals surface area contributed by atoms with E-state index in [0.29, 0.717) is 17.6 Å². The van der Waals surface area contributed by atoms with Crippen LogP contribution in [0.2, 0.25) is 0 Å². The molecular formula is C52H50BrF2N9O. The molecule has 0 spiro atoms. The molecule has 2 aliphatic rings. The van der Waals surface area contributed by atoms with Crippen molar-refractivity contribution in [1.29, 1.82) is 0 Å². The molecule has 0 atom stereocenters. The standard InChI is InChI=1S/C28H30FN5O.C24H20BrFN4/c1-18-25(22-8-6-7-11-30-22)32-23-14-19(29)9-10-21(23)26(18)34-17-28(2,3)27-24(34)15-20(16-31-27)33(4)12-13-35-5;1-14-21(18-6-4-5-9-27-18)29-19-11-16(26)7-8-17(19)22(14)30-13-24(2,3)23-20(30)10-15(25)12-28-23/h6-11,14-16H,12-13,17H2,1-5H3;4-12H,13H2,1-3H3. The van der Waals surface area contributed by atoms with Crippen LogP contribution < -0.4 is 14.7 Å². The maximum atomic E-state index is 14.3. The second kappa shape index (κ2) is 17.2. The number of hydrogen-bond acceptors (Lipinski definition) is 10. The fourth-order valence-electron chi connectivity index (χ4n) is 9.23. The molecule has 0 fully saturated rings. The zero-order valence-corrected chi connectivity index (χ0v) is 39.4. The van der Waals surface area contributed by atoms with Gasteiger partial charge in [-0.15, -0.1) is 0 Å². The summed E-state index contributed by atoms with van der Waals surface area (Å²) in [5, 5.41) is 1.82. The van der Waals surface area contributed by atoms with Gasteiger partial charge in [0.15, 0.2) is 0 Å². The topological polar surface area (TPSA) is 96.3 Å². The molecule has 0 radical (unpaired) electrons. The average Bonchev–Trinajstić information content (AvgIpc) is 3.72. The molecule has 8 heterocycles. The molecule has 0 unspecified atom stereocenters. The average molecular weight is 935 g/mol. The summed E-state index contributed by atoms with van der Waals surface area (Å²) in [6, 6.07) is 25.5. The van der Waals surface area contributed by atoms with Gasteiger partial charge >= 0.3 is 0 Å². The summed E-state index contributed by atoms with van der Waals surface area (Å²) in [6.45, 7) is 15.9. The van der Waals surface area contributed by atoms with Crippen molar-refractivity contribution in [3.05, 3.63) is 148 Å². The smallest absolute Gasteiger partial charge is 0.125 e. The van der Waals surface area contributed by atoms with Crippen molar-refractivity contribution in [1.82, 2.24) is 29.9 Å². The largest absolute Gasteiger partial charge is 0.383 e. The summed E-state index contributed by atoms with van der Waals surface area (Å²) in [4.78, 5) is 35.1. The second-order valence-corrected chi connectivity index (χ2v) is 19.0. The summed E-state index contributed by atoms with van der Waals surface area (Å²) in [7, 11) is 3.75. The van der Waals surface area contributed by atoms with E-state index in [-0.39, 0.29) is 22.5 Å². The highest BCUT2D eigenvalue weighted by atomic mass is 79.9. The molecule has 13 heteroatoms. The Kier molecular flexibility index (Phi) is 11.6. The van der Waals surface area contributed by atoms with Crippen molar-refractivity contribution >= 4 is 66.2 Å². The molecule has 2 aromatic carbocycles. The zero-order chi connectivity index (χ0) is 45.8. The molecule has 330 valence electrons. The fourth-order valence-corrected chi connectivity index (χ4v) is 9.55. The van der Waals surface area contributed by atoms with Gasteiger partial charge in [-0.25, -0.2) is 18.7 Å². The van der Waals surface area contributed by atoms with E-state index in [4.69, 9.17) is 24.7 Å². The summed E-state index contributed by atoms with van der Waals surface area (Å²) in [5.74, 6) is -0.610. The van der Waals surface area contributed by atoms with Gasteiger partial charge in [0.2, 0.25) is 0 Å². The maximum Gasteiger partial charge on any atom is 0.125 e. The Balaban J connectivity index is 0.000000166. The number of benzene rings is 2. The minimum Gasteiger partial charge on any atom is -0.383 e. The van der Waals surface area contributed by atoms with E-state index in [0.717, 1.165) is 109 Å². The molecular weight excluding hydrogens is 885 g/mol. The Bertz CT molecular complexity index is 3100. The number of likely N-dealkylation sites (N-methyl/N-ethyl adjacent to an activating group) is 1. The molecule has 10 rings (SSSR count). The number of ether oxygens (including phenoxy) is 1. The summed E-state index contributed by atoms with van der Waals surface area (Å²) < 4.78 is 34.6. The van der Waals surface area contributed by atoms with Crippen LogP contribution in [-0.4, -0.2) is 70.3 Å². The number of methoxy groups -OCH3 is 1. The zero-order valence-electron chi connectivity index (χ0n) is 37.8. The van der Waals surface area contributed by atoms with Crippen molar-refractivity contribution in [2.24, 2.45) is 0 Å². The molecule has 6 aromatic heterocycles. The molecule has 0 bridgehead atoms. The molecule has 0 aliphatic carbocycles. The summed E-state index contributed by atoms with van der Waals surface area (Å²) in [5.41, 5.74) is 13.3. The minimum absolute atomic E-state index is 0.122. The van der Waals surface area contributed by atoms with E-state index in [1.165, 1.54) is 24.3 Å². The maximum absolute atomic E-state index is 14.3. The van der Waals surface area contributed by atoms with Crippen molar-refractivity contribution in [2.75, 3.05) is 55.1 Å². The third kappa shape index (κ3) is 8.16. The van der Waals surface area contributed by atoms with Crippen LogP contribution in [-0.2, 0) is 15.6 Å². The first-order valence-corrected chi connectivity index (χ1v) is 22.4. The van der Waals surface area contributed by atoms with Crippen LogP contribution in [0.5, 0.6) is 0 Å². The Labute approximate surface area is 386 Å². The van der Waals surface area contributed by atoms with E-state index < -0.39 is 0 Å². The van der Waals surface area contributed by atoms with E-state index in [1.54, 1.807) is 19.5 Å². The number of fused-ring (bicyclic) bond motifs is 4. The Morgan fingerprint density at radius 3 is 1.63 bits per heavy atom. The highest BCUT2D eigenvalue weighted by Crippen LogP contribution is 2.50. The Morgan fingerprint density at radius 2 is 1.15 bits per heavy atom. The third-order valence-electron chi connectivity index (χ3n) is 12.4. The molecule has 0 N–H and O–H groups in total. The predicted molar refractivity (Wildman–Crippen MR) is 261 cm³/mol. The lowest BCUT2D eigenvalue weighted by Crippen LogP contribution is -2.26. The normalized spacial score (nSPS) is 14.6. The van der Waals surface area contributed by atoms with Crippen LogP contribution in [0.15, 0.2) is 114 Å². The molecule has 2 aliphatic heterocycles. The quantitative estimate of drug-likeness (QED) is 0.147. The third-order valence-corrected chi connectivity index (χ3v) is 12.8. The number of hydrogen-bond donors (Lipinski definition) is 0. The number of rotatable bonds is 8. The van der Waals surface area contributed by atoms with Crippen LogP contribution >= 0.6 is 15.9 Å². The van der Waals surface area contributed by atoms with E-state index in [2.05, 4.69) is 94.3 Å². The van der Waals surface area contributed by atoms with Crippen LogP contribution in [0.4, 0.5) is 37.2 Å². The van der Waals surface area contributed by atoms with Crippen LogP contribution in [0.1, 0.15) is 50.2 Å². The number of halogens is 3. The van der Waals surface area contributed by atoms with Gasteiger partial charge in [0.05, 0.1) is 86.4 Å². The second-order valence-electron chi connectivity index (χ2n) is 18.1. The van der Waals surface area contributed by atoms with E-state index >= 15 is 0 Å². The van der Waals surface area contributed by atoms with Gasteiger partial charge < -0.3 is 19.4 Å². The molecule has 0 saturated carbocycles. The number of aromatic nitrogens is 6. The van der Waals surface area contributed by atoms with E-state index in [9.17, 15) is 8.78 Å². The SMILES string of the molecule is COCCN(C)c1cnc2c(c1)N(c1c(C)c(-c3ccccn3)nc3cc(F)ccc13)CC2(C)C.Cc1c(-c2ccccn2)nc2cc(F)ccc2c1N1CC(C)(C)c2ncc(Br)cc21. The first kappa shape index (κ1) is 43.8. The monoisotopic (exact) mass is 933 g/mol. The first-order chi connectivity index (χ1) is 31.1. The number of nitrogens with zero attached hydrogens (tertiary/aromatic N) is 9. The van der Waals surface area contributed by atoms with E-state index in [1.807, 2.05) is 68.0 Å². The molecule has 0 amide bonds. The lowest BCUT2D eigenvalue weighted by Gasteiger charge is -2.27. The highest BCUT2D eigenvalue weighted by Gasteiger charge is 2.40. The van der Waals surface area contributed by atoms with Gasteiger partial charge in [0.25, 0.3) is 0 Å². The molecule has 0 saturated heterocycles. The van der Waals surface area contributed by atoms with Gasteiger partial charge in [-0.3, -0.25) is 19.9 Å². The lowest BCUT2D eigenvalue weighted by molar-refractivity contribution is 0.206. The van der Waals surface area contributed by atoms with Crippen molar-refractivity contribution < 1.29 is 13.5 Å². The summed E-state index contributed by atoms with van der Waals surface area (Å²) >= 11 is 3.57. The van der Waals surface area contributed by atoms with Crippen LogP contribution in [0, 0.1) is 25.5 Å². The van der Waals surface area contributed by atoms with Crippen molar-refractivity contribution in [3.63, 3.8) is 0 Å². The lowest BCUT2D eigenvalue weighted by atomic mass is 9.91. The minimum atomic E-state index is -0.308. The molecule has 8 aromatic rings. The van der Waals surface area contributed by atoms with Crippen molar-refractivity contribution in [2.45, 2.75) is 52.4 Å². The van der Waals surface area contributed by atoms with Gasteiger partial charge in [-0.1, -0.05) is 39.8 Å². The molecule has 65 heavy (non-hydrogen) atoms. The Hall–Kier alpha value is -6.44. The molecule has 10 nitrogen and oxygen atoms in total. The van der Waals surface area contributed by atoms with Crippen LogP contribution in [0.25, 0.3) is 44.6 Å². The summed E-state index contributed by atoms with van der Waals surface area (Å²) in [6.07, 6.45) is 7.29. The van der Waals surface area contributed by atoms with Gasteiger partial charge in [-0.05, 0) is 90.4 Å². The van der Waals surface area contributed by atoms with Crippen LogP contribution in [0.3, 0.4) is 0 Å². The first-order valence-electron chi connectivity index (χ1n) is 21.6. The fraction of sp³-hybridized carbons (Fsp3) is 0.269. The Morgan fingerprint density at radius 1 is 0.662 bits per heavy atom. The highest BCUT2D eigenvalue weighted by molar-refractivity contribution is 9.10.